The lowest BCUT2D eigenvalue weighted by molar-refractivity contribution is -0.147. The average molecular weight is 340 g/mol. The van der Waals surface area contributed by atoms with E-state index in [9.17, 15) is 14.0 Å². The van der Waals surface area contributed by atoms with Crippen molar-refractivity contribution in [2.45, 2.75) is 46.6 Å². The molecule has 0 fully saturated rings. The van der Waals surface area contributed by atoms with Crippen molar-refractivity contribution >= 4 is 5.97 Å². The van der Waals surface area contributed by atoms with Crippen LogP contribution >= 0.6 is 0 Å². The monoisotopic (exact) mass is 340 g/mol. The molecule has 1 heterocycles. The lowest BCUT2D eigenvalue weighted by Gasteiger charge is -2.22. The molecular weight excluding hydrogens is 311 g/mol. The second-order valence-corrected chi connectivity index (χ2v) is 6.76. The molecule has 0 saturated heterocycles. The Balaban J connectivity index is 3.35. The molecule has 1 atom stereocenters. The van der Waals surface area contributed by atoms with Gasteiger partial charge < -0.3 is 9.64 Å². The summed E-state index contributed by atoms with van der Waals surface area (Å²) in [5, 5.41) is 0. The molecule has 0 aliphatic carbocycles. The summed E-state index contributed by atoms with van der Waals surface area (Å²) in [7, 11) is 3.86. The number of likely N-dealkylation sites (N-methyl/N-ethyl adjacent to an activating group) is 1. The standard InChI is InChI=1S/C18H29FN2O3/c1-7-24-18(23)15(10-12(2)3)21-11-14(8-9-20(5)6)13(4)16(19)17(21)22/h11-12,15H,7-10H2,1-6H3. The van der Waals surface area contributed by atoms with E-state index >= 15 is 0 Å². The van der Waals surface area contributed by atoms with Crippen molar-refractivity contribution in [3.05, 3.63) is 33.5 Å². The Morgan fingerprint density at radius 3 is 2.50 bits per heavy atom. The third-order valence-corrected chi connectivity index (χ3v) is 3.95. The van der Waals surface area contributed by atoms with Gasteiger partial charge in [-0.15, -0.1) is 0 Å². The van der Waals surface area contributed by atoms with E-state index in [4.69, 9.17) is 4.74 Å². The molecule has 1 aromatic heterocycles. The maximum absolute atomic E-state index is 14.4. The van der Waals surface area contributed by atoms with Crippen molar-refractivity contribution in [3.63, 3.8) is 0 Å². The van der Waals surface area contributed by atoms with Crippen LogP contribution in [0.15, 0.2) is 11.0 Å². The first kappa shape index (κ1) is 20.4. The summed E-state index contributed by atoms with van der Waals surface area (Å²) in [6, 6.07) is -0.800. The summed E-state index contributed by atoms with van der Waals surface area (Å²) in [6.07, 6.45) is 2.65. The first-order valence-electron chi connectivity index (χ1n) is 8.40. The topological polar surface area (TPSA) is 51.5 Å². The minimum atomic E-state index is -0.800. The van der Waals surface area contributed by atoms with Crippen LogP contribution in [0.4, 0.5) is 4.39 Å². The van der Waals surface area contributed by atoms with Crippen molar-refractivity contribution in [3.8, 4) is 0 Å². The van der Waals surface area contributed by atoms with E-state index in [-0.39, 0.29) is 12.5 Å². The number of nitrogens with zero attached hydrogens (tertiary/aromatic N) is 2. The number of aromatic nitrogens is 1. The number of carbonyl (C=O) groups is 1. The van der Waals surface area contributed by atoms with Crippen molar-refractivity contribution < 1.29 is 13.9 Å². The average Bonchev–Trinajstić information content (AvgIpc) is 2.50. The molecular formula is C18H29FN2O3. The Bertz CT molecular complexity index is 623. The Labute approximate surface area is 143 Å². The number of hydrogen-bond donors (Lipinski definition) is 0. The molecule has 6 heteroatoms. The maximum Gasteiger partial charge on any atom is 0.329 e. The quantitative estimate of drug-likeness (QED) is 0.683. The van der Waals surface area contributed by atoms with E-state index in [2.05, 4.69) is 0 Å². The smallest absolute Gasteiger partial charge is 0.329 e. The number of ether oxygens (including phenoxy) is 1. The zero-order valence-corrected chi connectivity index (χ0v) is 15.6. The molecule has 0 radical (unpaired) electrons. The number of esters is 1. The van der Waals surface area contributed by atoms with E-state index in [0.717, 1.165) is 12.1 Å². The Morgan fingerprint density at radius 1 is 1.38 bits per heavy atom. The van der Waals surface area contributed by atoms with Crippen molar-refractivity contribution in [1.29, 1.82) is 0 Å². The van der Waals surface area contributed by atoms with E-state index in [1.165, 1.54) is 4.57 Å². The number of pyridine rings is 1. The Hall–Kier alpha value is -1.69. The second kappa shape index (κ2) is 8.97. The minimum Gasteiger partial charge on any atom is -0.464 e. The molecule has 5 nitrogen and oxygen atoms in total. The van der Waals surface area contributed by atoms with Crippen LogP contribution in [-0.4, -0.2) is 42.7 Å². The first-order chi connectivity index (χ1) is 11.2. The van der Waals surface area contributed by atoms with Gasteiger partial charge >= 0.3 is 5.97 Å². The summed E-state index contributed by atoms with van der Waals surface area (Å²) < 4.78 is 20.7. The van der Waals surface area contributed by atoms with Gasteiger partial charge in [-0.2, -0.15) is 0 Å². The van der Waals surface area contributed by atoms with Crippen LogP contribution in [0, 0.1) is 18.7 Å². The SMILES string of the molecule is CCOC(=O)C(CC(C)C)n1cc(CCN(C)C)c(C)c(F)c1=O. The molecule has 1 unspecified atom stereocenters. The van der Waals surface area contributed by atoms with Crippen molar-refractivity contribution in [1.82, 2.24) is 9.47 Å². The largest absolute Gasteiger partial charge is 0.464 e. The molecule has 0 N–H and O–H groups in total. The van der Waals surface area contributed by atoms with Gasteiger partial charge in [0.1, 0.15) is 6.04 Å². The highest BCUT2D eigenvalue weighted by Gasteiger charge is 2.26. The summed E-state index contributed by atoms with van der Waals surface area (Å²) >= 11 is 0. The summed E-state index contributed by atoms with van der Waals surface area (Å²) in [5.74, 6) is -1.11. The molecule has 1 rings (SSSR count). The minimum absolute atomic E-state index is 0.167. The highest BCUT2D eigenvalue weighted by Crippen LogP contribution is 2.20. The van der Waals surface area contributed by atoms with Gasteiger partial charge in [0, 0.05) is 12.7 Å². The van der Waals surface area contributed by atoms with Gasteiger partial charge in [0.2, 0.25) is 0 Å². The summed E-state index contributed by atoms with van der Waals surface area (Å²) in [6.45, 7) is 8.18. The first-order valence-corrected chi connectivity index (χ1v) is 8.40. The predicted molar refractivity (Wildman–Crippen MR) is 92.8 cm³/mol. The van der Waals surface area contributed by atoms with E-state index in [0.29, 0.717) is 18.4 Å². The lowest BCUT2D eigenvalue weighted by Crippen LogP contribution is -2.34. The van der Waals surface area contributed by atoms with Gasteiger partial charge in [-0.25, -0.2) is 9.18 Å². The van der Waals surface area contributed by atoms with Gasteiger partial charge in [0.05, 0.1) is 6.61 Å². The van der Waals surface area contributed by atoms with E-state index in [1.54, 1.807) is 20.0 Å². The molecule has 0 amide bonds. The van der Waals surface area contributed by atoms with Crippen LogP contribution in [0.5, 0.6) is 0 Å². The number of rotatable bonds is 8. The van der Waals surface area contributed by atoms with Crippen LogP contribution in [0.25, 0.3) is 0 Å². The molecule has 0 bridgehead atoms. The summed E-state index contributed by atoms with van der Waals surface area (Å²) in [4.78, 5) is 26.7. The fourth-order valence-electron chi connectivity index (χ4n) is 2.57. The molecule has 0 aromatic carbocycles. The van der Waals surface area contributed by atoms with E-state index < -0.39 is 23.4 Å². The highest BCUT2D eigenvalue weighted by atomic mass is 19.1. The predicted octanol–water partition coefficient (Wildman–Crippen LogP) is 2.55. The second-order valence-electron chi connectivity index (χ2n) is 6.76. The number of hydrogen-bond acceptors (Lipinski definition) is 4. The Morgan fingerprint density at radius 2 is 2.00 bits per heavy atom. The molecule has 0 aliphatic rings. The van der Waals surface area contributed by atoms with Crippen LogP contribution in [0.1, 0.15) is 44.4 Å². The van der Waals surface area contributed by atoms with Crippen molar-refractivity contribution in [2.24, 2.45) is 5.92 Å². The van der Waals surface area contributed by atoms with E-state index in [1.807, 2.05) is 32.8 Å². The summed E-state index contributed by atoms with van der Waals surface area (Å²) in [5.41, 5.74) is 0.323. The van der Waals surface area contributed by atoms with Crippen LogP contribution < -0.4 is 5.56 Å². The fourth-order valence-corrected chi connectivity index (χ4v) is 2.57. The van der Waals surface area contributed by atoms with Gasteiger partial charge in [-0.3, -0.25) is 9.36 Å². The van der Waals surface area contributed by atoms with Gasteiger partial charge in [-0.1, -0.05) is 13.8 Å². The molecule has 0 aliphatic heterocycles. The molecule has 1 aromatic rings. The van der Waals surface area contributed by atoms with Gasteiger partial charge in [0.15, 0.2) is 5.82 Å². The third-order valence-electron chi connectivity index (χ3n) is 3.95. The number of carbonyl (C=O) groups excluding carboxylic acids is 1. The maximum atomic E-state index is 14.4. The van der Waals surface area contributed by atoms with Crippen LogP contribution in [-0.2, 0) is 16.0 Å². The zero-order valence-electron chi connectivity index (χ0n) is 15.6. The molecule has 136 valence electrons. The normalized spacial score (nSPS) is 12.7. The highest BCUT2D eigenvalue weighted by molar-refractivity contribution is 5.74. The number of halogens is 1. The van der Waals surface area contributed by atoms with Crippen LogP contribution in [0.2, 0.25) is 0 Å². The lowest BCUT2D eigenvalue weighted by atomic mass is 10.0. The fraction of sp³-hybridized carbons (Fsp3) is 0.667. The third kappa shape index (κ3) is 5.16. The molecule has 24 heavy (non-hydrogen) atoms. The molecule has 0 spiro atoms. The zero-order chi connectivity index (χ0) is 18.4. The Kier molecular flexibility index (Phi) is 7.60. The van der Waals surface area contributed by atoms with Gasteiger partial charge in [0.25, 0.3) is 5.56 Å². The van der Waals surface area contributed by atoms with Crippen LogP contribution in [0.3, 0.4) is 0 Å². The van der Waals surface area contributed by atoms with Crippen molar-refractivity contribution in [2.75, 3.05) is 27.2 Å². The van der Waals surface area contributed by atoms with Gasteiger partial charge in [-0.05, 0) is 57.8 Å². The molecule has 0 saturated carbocycles.